The van der Waals surface area contributed by atoms with Crippen LogP contribution < -0.4 is 15.5 Å². The zero-order valence-corrected chi connectivity index (χ0v) is 17.8. The fourth-order valence-corrected chi connectivity index (χ4v) is 3.48. The van der Waals surface area contributed by atoms with Crippen molar-refractivity contribution in [3.05, 3.63) is 48.3 Å². The highest BCUT2D eigenvalue weighted by Gasteiger charge is 2.16. The van der Waals surface area contributed by atoms with E-state index in [0.29, 0.717) is 5.69 Å². The van der Waals surface area contributed by atoms with Crippen molar-refractivity contribution in [3.63, 3.8) is 0 Å². The lowest BCUT2D eigenvalue weighted by Crippen LogP contribution is -2.32. The SMILES string of the molecule is CC1CCN(c2ccc(NC(=O)c3ccc(NCCCN(C)C)cn3)cc2)CC1. The van der Waals surface area contributed by atoms with Crippen LogP contribution in [0.2, 0.25) is 0 Å². The van der Waals surface area contributed by atoms with E-state index in [4.69, 9.17) is 0 Å². The molecular formula is C23H33N5O. The Kier molecular flexibility index (Phi) is 7.47. The third-order valence-corrected chi connectivity index (χ3v) is 5.38. The average molecular weight is 396 g/mol. The van der Waals surface area contributed by atoms with Gasteiger partial charge in [0.15, 0.2) is 0 Å². The number of nitrogens with zero attached hydrogens (tertiary/aromatic N) is 3. The molecule has 2 aromatic rings. The minimum atomic E-state index is -0.191. The summed E-state index contributed by atoms with van der Waals surface area (Å²) in [5, 5.41) is 6.26. The van der Waals surface area contributed by atoms with Gasteiger partial charge in [0.25, 0.3) is 5.91 Å². The molecular weight excluding hydrogens is 362 g/mol. The molecule has 2 N–H and O–H groups in total. The van der Waals surface area contributed by atoms with Crippen molar-refractivity contribution in [1.29, 1.82) is 0 Å². The molecule has 0 unspecified atom stereocenters. The molecule has 3 rings (SSSR count). The third-order valence-electron chi connectivity index (χ3n) is 5.38. The number of rotatable bonds is 8. The van der Waals surface area contributed by atoms with Crippen LogP contribution in [0.5, 0.6) is 0 Å². The number of aromatic nitrogens is 1. The summed E-state index contributed by atoms with van der Waals surface area (Å²) in [7, 11) is 4.13. The minimum absolute atomic E-state index is 0.191. The zero-order valence-electron chi connectivity index (χ0n) is 17.8. The molecule has 0 atom stereocenters. The van der Waals surface area contributed by atoms with Gasteiger partial charge in [-0.05, 0) is 82.2 Å². The Balaban J connectivity index is 1.49. The molecule has 1 aromatic heterocycles. The number of nitrogens with one attached hydrogen (secondary N) is 2. The van der Waals surface area contributed by atoms with Gasteiger partial charge in [-0.2, -0.15) is 0 Å². The standard InChI is InChI=1S/C23H33N5O/c1-18-11-15-28(16-12-18)21-8-5-19(6-9-21)26-23(29)22-10-7-20(17-25-22)24-13-4-14-27(2)3/h5-10,17-18,24H,4,11-16H2,1-3H3,(H,26,29). The van der Waals surface area contributed by atoms with Gasteiger partial charge in [0, 0.05) is 31.0 Å². The molecule has 1 aliphatic heterocycles. The number of piperidine rings is 1. The Morgan fingerprint density at radius 3 is 2.41 bits per heavy atom. The lowest BCUT2D eigenvalue weighted by Gasteiger charge is -2.32. The number of carbonyl (C=O) groups excluding carboxylic acids is 1. The van der Waals surface area contributed by atoms with Crippen molar-refractivity contribution in [1.82, 2.24) is 9.88 Å². The highest BCUT2D eigenvalue weighted by Crippen LogP contribution is 2.24. The van der Waals surface area contributed by atoms with Crippen LogP contribution in [0, 0.1) is 5.92 Å². The second-order valence-electron chi connectivity index (χ2n) is 8.19. The molecule has 1 fully saturated rings. The summed E-state index contributed by atoms with van der Waals surface area (Å²) in [6.45, 7) is 6.45. The maximum absolute atomic E-state index is 12.5. The van der Waals surface area contributed by atoms with E-state index in [0.717, 1.165) is 49.9 Å². The Morgan fingerprint density at radius 1 is 1.10 bits per heavy atom. The molecule has 0 bridgehead atoms. The monoisotopic (exact) mass is 395 g/mol. The van der Waals surface area contributed by atoms with Gasteiger partial charge in [-0.3, -0.25) is 4.79 Å². The van der Waals surface area contributed by atoms with E-state index < -0.39 is 0 Å². The molecule has 0 saturated carbocycles. The molecule has 1 aromatic carbocycles. The van der Waals surface area contributed by atoms with Gasteiger partial charge in [-0.25, -0.2) is 4.98 Å². The number of anilines is 3. The third kappa shape index (κ3) is 6.46. The topological polar surface area (TPSA) is 60.5 Å². The minimum Gasteiger partial charge on any atom is -0.384 e. The fourth-order valence-electron chi connectivity index (χ4n) is 3.48. The van der Waals surface area contributed by atoms with E-state index >= 15 is 0 Å². The van der Waals surface area contributed by atoms with E-state index in [9.17, 15) is 4.79 Å². The Hall–Kier alpha value is -2.60. The quantitative estimate of drug-likeness (QED) is 0.663. The summed E-state index contributed by atoms with van der Waals surface area (Å²) in [5.41, 5.74) is 3.35. The van der Waals surface area contributed by atoms with Crippen molar-refractivity contribution in [2.45, 2.75) is 26.2 Å². The van der Waals surface area contributed by atoms with Crippen molar-refractivity contribution < 1.29 is 4.79 Å². The van der Waals surface area contributed by atoms with Crippen molar-refractivity contribution in [3.8, 4) is 0 Å². The molecule has 29 heavy (non-hydrogen) atoms. The van der Waals surface area contributed by atoms with Crippen LogP contribution in [0.25, 0.3) is 0 Å². The Labute approximate surface area is 174 Å². The smallest absolute Gasteiger partial charge is 0.274 e. The first-order chi connectivity index (χ1) is 14.0. The Bertz CT molecular complexity index is 765. The zero-order chi connectivity index (χ0) is 20.6. The number of hydrogen-bond acceptors (Lipinski definition) is 5. The van der Waals surface area contributed by atoms with Crippen molar-refractivity contribution in [2.75, 3.05) is 55.8 Å². The van der Waals surface area contributed by atoms with Gasteiger partial charge in [0.05, 0.1) is 11.9 Å². The van der Waals surface area contributed by atoms with Crippen LogP contribution in [-0.4, -0.2) is 56.1 Å². The van der Waals surface area contributed by atoms with Crippen molar-refractivity contribution >= 4 is 23.0 Å². The van der Waals surface area contributed by atoms with Gasteiger partial charge < -0.3 is 20.4 Å². The molecule has 1 amide bonds. The highest BCUT2D eigenvalue weighted by atomic mass is 16.1. The van der Waals surface area contributed by atoms with Crippen LogP contribution in [0.3, 0.4) is 0 Å². The molecule has 0 aliphatic carbocycles. The van der Waals surface area contributed by atoms with Crippen LogP contribution in [-0.2, 0) is 0 Å². The van der Waals surface area contributed by atoms with Crippen LogP contribution in [0.15, 0.2) is 42.6 Å². The second-order valence-corrected chi connectivity index (χ2v) is 8.19. The number of pyridine rings is 1. The van der Waals surface area contributed by atoms with Gasteiger partial charge in [-0.15, -0.1) is 0 Å². The van der Waals surface area contributed by atoms with E-state index in [1.54, 1.807) is 12.3 Å². The van der Waals surface area contributed by atoms with E-state index in [1.165, 1.54) is 18.5 Å². The first kappa shape index (κ1) is 21.1. The molecule has 0 radical (unpaired) electrons. The first-order valence-electron chi connectivity index (χ1n) is 10.5. The summed E-state index contributed by atoms with van der Waals surface area (Å²) in [6.07, 6.45) is 5.25. The molecule has 2 heterocycles. The molecule has 1 aliphatic rings. The summed E-state index contributed by atoms with van der Waals surface area (Å²) >= 11 is 0. The van der Waals surface area contributed by atoms with E-state index in [-0.39, 0.29) is 5.91 Å². The molecule has 1 saturated heterocycles. The second kappa shape index (κ2) is 10.3. The van der Waals surface area contributed by atoms with Gasteiger partial charge in [0.1, 0.15) is 5.69 Å². The normalized spacial score (nSPS) is 14.8. The van der Waals surface area contributed by atoms with Crippen LogP contribution >= 0.6 is 0 Å². The van der Waals surface area contributed by atoms with Crippen molar-refractivity contribution in [2.24, 2.45) is 5.92 Å². The van der Waals surface area contributed by atoms with Gasteiger partial charge in [-0.1, -0.05) is 6.92 Å². The summed E-state index contributed by atoms with van der Waals surface area (Å²) in [6, 6.07) is 11.8. The fraction of sp³-hybridized carbons (Fsp3) is 0.478. The number of amides is 1. The number of benzene rings is 1. The lowest BCUT2D eigenvalue weighted by atomic mass is 9.99. The lowest BCUT2D eigenvalue weighted by molar-refractivity contribution is 0.102. The predicted molar refractivity (Wildman–Crippen MR) is 121 cm³/mol. The maximum atomic E-state index is 12.5. The number of carbonyl (C=O) groups is 1. The van der Waals surface area contributed by atoms with Gasteiger partial charge >= 0.3 is 0 Å². The molecule has 6 nitrogen and oxygen atoms in total. The average Bonchev–Trinajstić information content (AvgIpc) is 2.73. The Morgan fingerprint density at radius 2 is 1.79 bits per heavy atom. The summed E-state index contributed by atoms with van der Waals surface area (Å²) in [4.78, 5) is 21.3. The van der Waals surface area contributed by atoms with E-state index in [1.807, 2.05) is 18.2 Å². The van der Waals surface area contributed by atoms with E-state index in [2.05, 4.69) is 58.6 Å². The maximum Gasteiger partial charge on any atom is 0.274 e. The summed E-state index contributed by atoms with van der Waals surface area (Å²) < 4.78 is 0. The number of hydrogen-bond donors (Lipinski definition) is 2. The first-order valence-corrected chi connectivity index (χ1v) is 10.5. The van der Waals surface area contributed by atoms with Crippen LogP contribution in [0.1, 0.15) is 36.7 Å². The molecule has 0 spiro atoms. The largest absolute Gasteiger partial charge is 0.384 e. The summed E-state index contributed by atoms with van der Waals surface area (Å²) in [5.74, 6) is 0.626. The predicted octanol–water partition coefficient (Wildman–Crippen LogP) is 3.93. The van der Waals surface area contributed by atoms with Gasteiger partial charge in [0.2, 0.25) is 0 Å². The molecule has 156 valence electrons. The molecule has 6 heteroatoms. The van der Waals surface area contributed by atoms with Crippen LogP contribution in [0.4, 0.5) is 17.1 Å². The highest BCUT2D eigenvalue weighted by molar-refractivity contribution is 6.03.